The summed E-state index contributed by atoms with van der Waals surface area (Å²) >= 11 is 5.87. The Morgan fingerprint density at radius 1 is 0.941 bits per heavy atom. The molecule has 0 aliphatic carbocycles. The minimum atomic E-state index is 1.01. The molecule has 2 aromatic rings. The number of rotatable bonds is 1. The summed E-state index contributed by atoms with van der Waals surface area (Å²) in [7, 11) is 0. The first kappa shape index (κ1) is 11.5. The molecule has 0 saturated heterocycles. The third-order valence-corrected chi connectivity index (χ3v) is 4.29. The fraction of sp³-hybridized carbons (Fsp3) is 0.143. The second kappa shape index (κ2) is 4.61. The minimum Gasteiger partial charge on any atom is -0.363 e. The zero-order chi connectivity index (χ0) is 11.8. The zero-order valence-electron chi connectivity index (χ0n) is 9.16. The summed E-state index contributed by atoms with van der Waals surface area (Å²) in [6.45, 7) is 2.03. The Hall–Kier alpha value is -0.550. The number of benzene rings is 2. The fourth-order valence-corrected chi connectivity index (χ4v) is 2.97. The second-order valence-electron chi connectivity index (χ2n) is 4.25. The molecule has 2 aromatic carbocycles. The Kier molecular flexibility index (Phi) is 3.13. The van der Waals surface area contributed by atoms with Crippen LogP contribution in [0.5, 0.6) is 0 Å². The summed E-state index contributed by atoms with van der Waals surface area (Å²) in [5, 5.41) is 0. The van der Waals surface area contributed by atoms with Crippen molar-refractivity contribution in [3.8, 4) is 0 Å². The quantitative estimate of drug-likeness (QED) is 0.634. The van der Waals surface area contributed by atoms with Crippen LogP contribution in [-0.4, -0.2) is 0 Å². The molecule has 0 spiro atoms. The van der Waals surface area contributed by atoms with Crippen molar-refractivity contribution in [2.45, 2.75) is 13.1 Å². The minimum absolute atomic E-state index is 1.01. The number of hydrogen-bond donors (Lipinski definition) is 0. The summed E-state index contributed by atoms with van der Waals surface area (Å²) in [4.78, 5) is 2.41. The summed E-state index contributed by atoms with van der Waals surface area (Å²) < 4.78 is 2.45. The Bertz CT molecular complexity index is 551. The van der Waals surface area contributed by atoms with E-state index >= 15 is 0 Å². The molecule has 1 heterocycles. The van der Waals surface area contributed by atoms with Crippen molar-refractivity contribution < 1.29 is 0 Å². The van der Waals surface area contributed by atoms with E-state index in [1.807, 2.05) is 0 Å². The van der Waals surface area contributed by atoms with Gasteiger partial charge in [-0.1, -0.05) is 22.0 Å². The van der Waals surface area contributed by atoms with E-state index in [0.717, 1.165) is 13.1 Å². The van der Waals surface area contributed by atoms with Crippen molar-refractivity contribution in [1.29, 1.82) is 0 Å². The number of hydrogen-bond acceptors (Lipinski definition) is 1. The van der Waals surface area contributed by atoms with Crippen LogP contribution in [0.15, 0.2) is 46.9 Å². The van der Waals surface area contributed by atoms with Crippen molar-refractivity contribution >= 4 is 44.2 Å². The second-order valence-corrected chi connectivity index (χ2v) is 6.41. The van der Waals surface area contributed by atoms with Gasteiger partial charge in [0.1, 0.15) is 0 Å². The van der Waals surface area contributed by atoms with E-state index in [2.05, 4.69) is 85.9 Å². The SMILES string of the molecule is Brc1ccc2c(c1)CN(c1ccc(I)cc1)C2. The van der Waals surface area contributed by atoms with E-state index in [1.54, 1.807) is 0 Å². The maximum Gasteiger partial charge on any atom is 0.0437 e. The van der Waals surface area contributed by atoms with E-state index in [1.165, 1.54) is 24.9 Å². The van der Waals surface area contributed by atoms with Gasteiger partial charge in [-0.2, -0.15) is 0 Å². The Morgan fingerprint density at radius 2 is 1.65 bits per heavy atom. The smallest absolute Gasteiger partial charge is 0.0437 e. The van der Waals surface area contributed by atoms with Gasteiger partial charge in [-0.15, -0.1) is 0 Å². The van der Waals surface area contributed by atoms with Crippen molar-refractivity contribution in [2.24, 2.45) is 0 Å². The van der Waals surface area contributed by atoms with Gasteiger partial charge < -0.3 is 4.90 Å². The van der Waals surface area contributed by atoms with Gasteiger partial charge in [-0.05, 0) is 70.1 Å². The molecule has 0 amide bonds. The van der Waals surface area contributed by atoms with Crippen molar-refractivity contribution in [2.75, 3.05) is 4.90 Å². The molecule has 17 heavy (non-hydrogen) atoms. The van der Waals surface area contributed by atoms with Gasteiger partial charge in [-0.25, -0.2) is 0 Å². The molecule has 0 radical (unpaired) electrons. The first-order valence-corrected chi connectivity index (χ1v) is 7.37. The molecule has 3 rings (SSSR count). The molecule has 0 saturated carbocycles. The Balaban J connectivity index is 1.88. The van der Waals surface area contributed by atoms with Gasteiger partial charge in [0.15, 0.2) is 0 Å². The lowest BCUT2D eigenvalue weighted by Gasteiger charge is -2.17. The monoisotopic (exact) mass is 399 g/mol. The van der Waals surface area contributed by atoms with Crippen molar-refractivity contribution in [1.82, 2.24) is 0 Å². The molecule has 1 aliphatic rings. The average molecular weight is 400 g/mol. The van der Waals surface area contributed by atoms with Gasteiger partial charge in [0.25, 0.3) is 0 Å². The van der Waals surface area contributed by atoms with Crippen LogP contribution in [-0.2, 0) is 13.1 Å². The molecule has 86 valence electrons. The molecule has 0 fully saturated rings. The van der Waals surface area contributed by atoms with E-state index in [0.29, 0.717) is 0 Å². The van der Waals surface area contributed by atoms with Gasteiger partial charge in [0.05, 0.1) is 0 Å². The van der Waals surface area contributed by atoms with E-state index in [9.17, 15) is 0 Å². The molecule has 0 bridgehead atoms. The van der Waals surface area contributed by atoms with Gasteiger partial charge in [0, 0.05) is 26.8 Å². The number of halogens is 2. The molecule has 0 N–H and O–H groups in total. The highest BCUT2D eigenvalue weighted by Gasteiger charge is 2.18. The van der Waals surface area contributed by atoms with E-state index in [4.69, 9.17) is 0 Å². The highest BCUT2D eigenvalue weighted by Crippen LogP contribution is 2.30. The van der Waals surface area contributed by atoms with Gasteiger partial charge >= 0.3 is 0 Å². The highest BCUT2D eigenvalue weighted by molar-refractivity contribution is 14.1. The van der Waals surface area contributed by atoms with E-state index in [-0.39, 0.29) is 0 Å². The molecule has 1 aliphatic heterocycles. The summed E-state index contributed by atoms with van der Waals surface area (Å²) in [5.41, 5.74) is 4.17. The van der Waals surface area contributed by atoms with Crippen LogP contribution in [0.4, 0.5) is 5.69 Å². The zero-order valence-corrected chi connectivity index (χ0v) is 12.9. The molecular weight excluding hydrogens is 389 g/mol. The molecule has 0 aromatic heterocycles. The number of nitrogens with zero attached hydrogens (tertiary/aromatic N) is 1. The van der Waals surface area contributed by atoms with Crippen LogP contribution in [0.25, 0.3) is 0 Å². The average Bonchev–Trinajstić information content (AvgIpc) is 2.72. The van der Waals surface area contributed by atoms with Crippen LogP contribution in [0, 0.1) is 3.57 Å². The molecule has 0 unspecified atom stereocenters. The number of anilines is 1. The fourth-order valence-electron chi connectivity index (χ4n) is 2.20. The van der Waals surface area contributed by atoms with Crippen LogP contribution in [0.1, 0.15) is 11.1 Å². The van der Waals surface area contributed by atoms with Crippen LogP contribution in [0.3, 0.4) is 0 Å². The van der Waals surface area contributed by atoms with Gasteiger partial charge in [0.2, 0.25) is 0 Å². The Labute approximate surface area is 123 Å². The van der Waals surface area contributed by atoms with Crippen LogP contribution < -0.4 is 4.90 Å². The summed E-state index contributed by atoms with van der Waals surface area (Å²) in [6.07, 6.45) is 0. The maximum absolute atomic E-state index is 3.53. The molecule has 1 nitrogen and oxygen atoms in total. The van der Waals surface area contributed by atoms with Crippen molar-refractivity contribution in [3.63, 3.8) is 0 Å². The third kappa shape index (κ3) is 2.36. The predicted octanol–water partition coefficient (Wildman–Crippen LogP) is 4.57. The van der Waals surface area contributed by atoms with Gasteiger partial charge in [-0.3, -0.25) is 0 Å². The lowest BCUT2D eigenvalue weighted by molar-refractivity contribution is 0.880. The summed E-state index contributed by atoms with van der Waals surface area (Å²) in [6, 6.07) is 15.3. The number of fused-ring (bicyclic) bond motifs is 1. The normalized spacial score (nSPS) is 13.9. The maximum atomic E-state index is 3.53. The first-order chi connectivity index (χ1) is 8.22. The lowest BCUT2D eigenvalue weighted by Crippen LogP contribution is -2.14. The predicted molar refractivity (Wildman–Crippen MR) is 83.2 cm³/mol. The van der Waals surface area contributed by atoms with Crippen LogP contribution in [0.2, 0.25) is 0 Å². The van der Waals surface area contributed by atoms with E-state index < -0.39 is 0 Å². The summed E-state index contributed by atoms with van der Waals surface area (Å²) in [5.74, 6) is 0. The molecule has 3 heteroatoms. The first-order valence-electron chi connectivity index (χ1n) is 5.50. The lowest BCUT2D eigenvalue weighted by atomic mass is 10.1. The molecule has 0 atom stereocenters. The van der Waals surface area contributed by atoms with Crippen molar-refractivity contribution in [3.05, 3.63) is 61.6 Å². The molecular formula is C14H11BrIN. The standard InChI is InChI=1S/C14H11BrIN/c15-12-2-1-10-8-17(9-11(10)7-12)14-5-3-13(16)4-6-14/h1-7H,8-9H2. The van der Waals surface area contributed by atoms with Crippen LogP contribution >= 0.6 is 38.5 Å². The largest absolute Gasteiger partial charge is 0.363 e. The Morgan fingerprint density at radius 3 is 2.41 bits per heavy atom. The topological polar surface area (TPSA) is 3.24 Å². The highest BCUT2D eigenvalue weighted by atomic mass is 127. The third-order valence-electron chi connectivity index (χ3n) is 3.08.